The topological polar surface area (TPSA) is 48.9 Å². The largest absolute Gasteiger partial charge is 0.396 e. The molecule has 78 valence electrons. The van der Waals surface area contributed by atoms with Crippen molar-refractivity contribution in [3.63, 3.8) is 0 Å². The van der Waals surface area contributed by atoms with E-state index in [1.165, 1.54) is 0 Å². The van der Waals surface area contributed by atoms with Crippen LogP contribution in [0.2, 0.25) is 0 Å². The van der Waals surface area contributed by atoms with Gasteiger partial charge in [0.15, 0.2) is 0 Å². The standard InChI is InChI=1S/C11H11BrN2O/c12-9-3-1-2-8(6-9)10-7-13-11(14-10)4-5-15/h1-3,6-7,15H,4-5H2,(H,13,14). The van der Waals surface area contributed by atoms with Gasteiger partial charge in [0.05, 0.1) is 18.5 Å². The Kier molecular flexibility index (Phi) is 3.18. The molecule has 0 saturated carbocycles. The van der Waals surface area contributed by atoms with E-state index in [-0.39, 0.29) is 6.61 Å². The molecule has 0 fully saturated rings. The van der Waals surface area contributed by atoms with Crippen molar-refractivity contribution in [2.45, 2.75) is 6.42 Å². The minimum Gasteiger partial charge on any atom is -0.396 e. The molecular weight excluding hydrogens is 256 g/mol. The van der Waals surface area contributed by atoms with E-state index in [4.69, 9.17) is 5.11 Å². The Balaban J connectivity index is 2.29. The molecule has 0 bridgehead atoms. The highest BCUT2D eigenvalue weighted by molar-refractivity contribution is 9.10. The minimum absolute atomic E-state index is 0.117. The Labute approximate surface area is 96.3 Å². The van der Waals surface area contributed by atoms with Crippen LogP contribution in [0.15, 0.2) is 34.9 Å². The SMILES string of the molecule is OCCc1ncc(-c2cccc(Br)c2)[nH]1. The molecule has 0 atom stereocenters. The Hall–Kier alpha value is -1.13. The number of imidazole rings is 1. The predicted molar refractivity (Wildman–Crippen MR) is 62.5 cm³/mol. The molecule has 15 heavy (non-hydrogen) atoms. The molecular formula is C11H11BrN2O. The highest BCUT2D eigenvalue weighted by Crippen LogP contribution is 2.21. The lowest BCUT2D eigenvalue weighted by Crippen LogP contribution is -1.92. The number of nitrogens with zero attached hydrogens (tertiary/aromatic N) is 1. The first kappa shape index (κ1) is 10.4. The third-order valence-electron chi connectivity index (χ3n) is 2.11. The molecule has 0 amide bonds. The summed E-state index contributed by atoms with van der Waals surface area (Å²) in [6, 6.07) is 8.00. The summed E-state index contributed by atoms with van der Waals surface area (Å²) in [4.78, 5) is 7.35. The van der Waals surface area contributed by atoms with E-state index < -0.39 is 0 Å². The fourth-order valence-corrected chi connectivity index (χ4v) is 1.80. The third-order valence-corrected chi connectivity index (χ3v) is 2.61. The molecule has 3 nitrogen and oxygen atoms in total. The number of rotatable bonds is 3. The van der Waals surface area contributed by atoms with Crippen molar-refractivity contribution in [2.24, 2.45) is 0 Å². The van der Waals surface area contributed by atoms with Gasteiger partial charge in [0.25, 0.3) is 0 Å². The van der Waals surface area contributed by atoms with Gasteiger partial charge in [-0.2, -0.15) is 0 Å². The van der Waals surface area contributed by atoms with Gasteiger partial charge in [-0.15, -0.1) is 0 Å². The molecule has 1 aromatic heterocycles. The fraction of sp³-hybridized carbons (Fsp3) is 0.182. The van der Waals surface area contributed by atoms with E-state index in [9.17, 15) is 0 Å². The summed E-state index contributed by atoms with van der Waals surface area (Å²) < 4.78 is 1.04. The van der Waals surface area contributed by atoms with Gasteiger partial charge < -0.3 is 10.1 Å². The molecule has 0 aliphatic rings. The van der Waals surface area contributed by atoms with E-state index in [2.05, 4.69) is 25.9 Å². The van der Waals surface area contributed by atoms with Gasteiger partial charge in [0, 0.05) is 16.5 Å². The van der Waals surface area contributed by atoms with E-state index in [0.29, 0.717) is 6.42 Å². The second-order valence-corrected chi connectivity index (χ2v) is 4.14. The van der Waals surface area contributed by atoms with Gasteiger partial charge in [0.1, 0.15) is 5.82 Å². The van der Waals surface area contributed by atoms with Crippen LogP contribution in [-0.4, -0.2) is 21.7 Å². The van der Waals surface area contributed by atoms with Crippen molar-refractivity contribution in [3.8, 4) is 11.3 Å². The number of halogens is 1. The van der Waals surface area contributed by atoms with Crippen molar-refractivity contribution >= 4 is 15.9 Å². The summed E-state index contributed by atoms with van der Waals surface area (Å²) in [7, 11) is 0. The van der Waals surface area contributed by atoms with Crippen LogP contribution in [0.25, 0.3) is 11.3 Å². The van der Waals surface area contributed by atoms with Crippen LogP contribution in [0.4, 0.5) is 0 Å². The van der Waals surface area contributed by atoms with E-state index in [1.54, 1.807) is 6.20 Å². The molecule has 2 N–H and O–H groups in total. The zero-order chi connectivity index (χ0) is 10.7. The van der Waals surface area contributed by atoms with E-state index in [0.717, 1.165) is 21.6 Å². The second kappa shape index (κ2) is 4.59. The zero-order valence-corrected chi connectivity index (χ0v) is 9.66. The van der Waals surface area contributed by atoms with Gasteiger partial charge >= 0.3 is 0 Å². The monoisotopic (exact) mass is 266 g/mol. The molecule has 0 saturated heterocycles. The van der Waals surface area contributed by atoms with Gasteiger partial charge in [0.2, 0.25) is 0 Å². The molecule has 0 spiro atoms. The summed E-state index contributed by atoms with van der Waals surface area (Å²) in [5.74, 6) is 0.812. The van der Waals surface area contributed by atoms with Crippen molar-refractivity contribution in [3.05, 3.63) is 40.8 Å². The van der Waals surface area contributed by atoms with Crippen LogP contribution in [0, 0.1) is 0 Å². The molecule has 2 aromatic rings. The first-order chi connectivity index (χ1) is 7.29. The predicted octanol–water partition coefficient (Wildman–Crippen LogP) is 2.37. The van der Waals surface area contributed by atoms with Gasteiger partial charge in [-0.3, -0.25) is 0 Å². The number of benzene rings is 1. The minimum atomic E-state index is 0.117. The number of aromatic amines is 1. The van der Waals surface area contributed by atoms with Crippen LogP contribution in [0.3, 0.4) is 0 Å². The maximum absolute atomic E-state index is 8.78. The second-order valence-electron chi connectivity index (χ2n) is 3.23. The molecule has 2 rings (SSSR count). The number of H-pyrrole nitrogens is 1. The van der Waals surface area contributed by atoms with Crippen molar-refractivity contribution < 1.29 is 5.11 Å². The molecule has 0 aliphatic heterocycles. The summed E-state index contributed by atoms with van der Waals surface area (Å²) in [6.45, 7) is 0.117. The van der Waals surface area contributed by atoms with Gasteiger partial charge in [-0.05, 0) is 12.1 Å². The van der Waals surface area contributed by atoms with Crippen LogP contribution < -0.4 is 0 Å². The molecule has 1 heterocycles. The Bertz CT molecular complexity index is 453. The van der Waals surface area contributed by atoms with E-state index >= 15 is 0 Å². The average molecular weight is 267 g/mol. The zero-order valence-electron chi connectivity index (χ0n) is 8.07. The number of aliphatic hydroxyl groups excluding tert-OH is 1. The van der Waals surface area contributed by atoms with Crippen LogP contribution in [0.1, 0.15) is 5.82 Å². The summed E-state index contributed by atoms with van der Waals surface area (Å²) >= 11 is 3.42. The fourth-order valence-electron chi connectivity index (χ4n) is 1.40. The molecule has 0 aliphatic carbocycles. The number of nitrogens with one attached hydrogen (secondary N) is 1. The van der Waals surface area contributed by atoms with Crippen molar-refractivity contribution in [1.82, 2.24) is 9.97 Å². The number of hydrogen-bond donors (Lipinski definition) is 2. The first-order valence-electron chi connectivity index (χ1n) is 4.70. The Morgan fingerprint density at radius 2 is 2.27 bits per heavy atom. The summed E-state index contributed by atoms with van der Waals surface area (Å²) in [5.41, 5.74) is 2.06. The van der Waals surface area contributed by atoms with Crippen molar-refractivity contribution in [1.29, 1.82) is 0 Å². The molecule has 0 radical (unpaired) electrons. The quantitative estimate of drug-likeness (QED) is 0.896. The number of hydrogen-bond acceptors (Lipinski definition) is 2. The lowest BCUT2D eigenvalue weighted by molar-refractivity contribution is 0.297. The molecule has 1 aromatic carbocycles. The first-order valence-corrected chi connectivity index (χ1v) is 5.49. The highest BCUT2D eigenvalue weighted by Gasteiger charge is 2.02. The number of aromatic nitrogens is 2. The normalized spacial score (nSPS) is 10.5. The molecule has 4 heteroatoms. The van der Waals surface area contributed by atoms with Gasteiger partial charge in [-0.1, -0.05) is 28.1 Å². The summed E-state index contributed by atoms with van der Waals surface area (Å²) in [6.07, 6.45) is 2.35. The maximum Gasteiger partial charge on any atom is 0.108 e. The maximum atomic E-state index is 8.78. The summed E-state index contributed by atoms with van der Waals surface area (Å²) in [5, 5.41) is 8.78. The lowest BCUT2D eigenvalue weighted by atomic mass is 10.2. The van der Waals surface area contributed by atoms with Crippen LogP contribution in [0.5, 0.6) is 0 Å². The van der Waals surface area contributed by atoms with Gasteiger partial charge in [-0.25, -0.2) is 4.98 Å². The van der Waals surface area contributed by atoms with Crippen LogP contribution in [-0.2, 0) is 6.42 Å². The Morgan fingerprint density at radius 1 is 1.40 bits per heavy atom. The lowest BCUT2D eigenvalue weighted by Gasteiger charge is -1.97. The van der Waals surface area contributed by atoms with Crippen molar-refractivity contribution in [2.75, 3.05) is 6.61 Å². The van der Waals surface area contributed by atoms with E-state index in [1.807, 2.05) is 24.3 Å². The Morgan fingerprint density at radius 3 is 3.00 bits per heavy atom. The molecule has 0 unspecified atom stereocenters. The highest BCUT2D eigenvalue weighted by atomic mass is 79.9. The number of aliphatic hydroxyl groups is 1. The average Bonchev–Trinajstić information content (AvgIpc) is 2.67. The van der Waals surface area contributed by atoms with Crippen LogP contribution >= 0.6 is 15.9 Å². The third kappa shape index (κ3) is 2.46. The smallest absolute Gasteiger partial charge is 0.108 e.